The average Bonchev–Trinajstić information content (AvgIpc) is 3.01. The molecule has 2 aromatic heterocycles. The Balaban J connectivity index is 1.94. The van der Waals surface area contributed by atoms with Crippen LogP contribution in [0, 0.1) is 0 Å². The number of aromatic nitrogens is 3. The van der Waals surface area contributed by atoms with E-state index in [1.165, 1.54) is 0 Å². The molecule has 2 heterocycles. The molecule has 5 rings (SSSR count). The van der Waals surface area contributed by atoms with Crippen molar-refractivity contribution in [3.05, 3.63) is 89.2 Å². The Morgan fingerprint density at radius 1 is 0.852 bits per heavy atom. The number of nitrogens with one attached hydrogen (secondary N) is 1. The van der Waals surface area contributed by atoms with E-state index in [0.29, 0.717) is 5.69 Å². The third kappa shape index (κ3) is 2.38. The molecule has 0 fully saturated rings. The van der Waals surface area contributed by atoms with Crippen LogP contribution in [-0.4, -0.2) is 14.5 Å². The van der Waals surface area contributed by atoms with Gasteiger partial charge in [-0.25, -0.2) is 4.98 Å². The van der Waals surface area contributed by atoms with Crippen LogP contribution >= 0.6 is 0 Å². The predicted molar refractivity (Wildman–Crippen MR) is 110 cm³/mol. The molecule has 4 heteroatoms. The van der Waals surface area contributed by atoms with Crippen molar-refractivity contribution in [2.24, 2.45) is 7.05 Å². The highest BCUT2D eigenvalue weighted by Gasteiger charge is 2.21. The van der Waals surface area contributed by atoms with Crippen molar-refractivity contribution in [2.75, 3.05) is 0 Å². The topological polar surface area (TPSA) is 50.7 Å². The van der Waals surface area contributed by atoms with E-state index in [4.69, 9.17) is 4.98 Å². The van der Waals surface area contributed by atoms with Crippen LogP contribution in [0.25, 0.3) is 44.5 Å². The van der Waals surface area contributed by atoms with Gasteiger partial charge in [0.05, 0.1) is 16.7 Å². The van der Waals surface area contributed by atoms with E-state index >= 15 is 0 Å². The van der Waals surface area contributed by atoms with E-state index in [1.807, 2.05) is 67.7 Å². The number of para-hydroxylation sites is 3. The van der Waals surface area contributed by atoms with E-state index in [1.54, 1.807) is 0 Å². The summed E-state index contributed by atoms with van der Waals surface area (Å²) >= 11 is 0. The molecule has 3 aromatic carbocycles. The molecule has 4 nitrogen and oxygen atoms in total. The van der Waals surface area contributed by atoms with Gasteiger partial charge in [-0.05, 0) is 23.8 Å². The van der Waals surface area contributed by atoms with Crippen molar-refractivity contribution >= 4 is 21.9 Å². The van der Waals surface area contributed by atoms with Crippen LogP contribution in [0.2, 0.25) is 0 Å². The minimum atomic E-state index is -0.178. The van der Waals surface area contributed by atoms with Gasteiger partial charge < -0.3 is 9.55 Å². The molecule has 0 spiro atoms. The maximum atomic E-state index is 12.9. The summed E-state index contributed by atoms with van der Waals surface area (Å²) in [7, 11) is 2.03. The van der Waals surface area contributed by atoms with Crippen molar-refractivity contribution in [3.8, 4) is 22.5 Å². The molecule has 5 aromatic rings. The number of nitrogens with zero attached hydrogens (tertiary/aromatic N) is 2. The Morgan fingerprint density at radius 2 is 1.56 bits per heavy atom. The predicted octanol–water partition coefficient (Wildman–Crippen LogP) is 4.75. The molecule has 0 aliphatic rings. The summed E-state index contributed by atoms with van der Waals surface area (Å²) in [6.45, 7) is 0. The lowest BCUT2D eigenvalue weighted by molar-refractivity contribution is 0.978. The smallest absolute Gasteiger partial charge is 0.275 e. The normalized spacial score (nSPS) is 11.3. The van der Waals surface area contributed by atoms with Gasteiger partial charge in [-0.3, -0.25) is 4.79 Å². The van der Waals surface area contributed by atoms with Gasteiger partial charge in [-0.2, -0.15) is 0 Å². The minimum absolute atomic E-state index is 0.178. The quantitative estimate of drug-likeness (QED) is 0.499. The number of H-pyrrole nitrogens is 1. The molecule has 27 heavy (non-hydrogen) atoms. The Kier molecular flexibility index (Phi) is 3.44. The molecule has 0 unspecified atom stereocenters. The fourth-order valence-electron chi connectivity index (χ4n) is 3.77. The molecular formula is C23H17N3O. The highest BCUT2D eigenvalue weighted by Crippen LogP contribution is 2.38. The van der Waals surface area contributed by atoms with Crippen molar-refractivity contribution in [1.29, 1.82) is 0 Å². The molecule has 0 radical (unpaired) electrons. The summed E-state index contributed by atoms with van der Waals surface area (Å²) < 4.78 is 2.14. The SMILES string of the molecule is Cn1c(-c2ccccc2)c(-c2nc3ccccc3[nH]c2=O)c2ccccc21. The second kappa shape index (κ2) is 5.95. The van der Waals surface area contributed by atoms with Gasteiger partial charge in [0.15, 0.2) is 0 Å². The zero-order chi connectivity index (χ0) is 18.4. The number of aromatic amines is 1. The van der Waals surface area contributed by atoms with E-state index in [9.17, 15) is 4.79 Å². The van der Waals surface area contributed by atoms with Gasteiger partial charge >= 0.3 is 0 Å². The Bertz CT molecular complexity index is 1350. The zero-order valence-electron chi connectivity index (χ0n) is 14.8. The zero-order valence-corrected chi connectivity index (χ0v) is 14.8. The Hall–Kier alpha value is -3.66. The number of aryl methyl sites for hydroxylation is 1. The highest BCUT2D eigenvalue weighted by molar-refractivity contribution is 6.04. The van der Waals surface area contributed by atoms with E-state index in [2.05, 4.69) is 27.8 Å². The molecule has 0 aliphatic carbocycles. The Labute approximate surface area is 155 Å². The maximum Gasteiger partial charge on any atom is 0.275 e. The molecular weight excluding hydrogens is 334 g/mol. The molecule has 0 saturated heterocycles. The van der Waals surface area contributed by atoms with Gasteiger partial charge in [0.2, 0.25) is 0 Å². The van der Waals surface area contributed by atoms with Crippen LogP contribution in [0.3, 0.4) is 0 Å². The first-order valence-corrected chi connectivity index (χ1v) is 8.86. The minimum Gasteiger partial charge on any atom is -0.343 e. The lowest BCUT2D eigenvalue weighted by atomic mass is 10.0. The van der Waals surface area contributed by atoms with Gasteiger partial charge in [0.1, 0.15) is 5.69 Å². The number of hydrogen-bond donors (Lipinski definition) is 1. The summed E-state index contributed by atoms with van der Waals surface area (Å²) in [4.78, 5) is 20.7. The third-order valence-corrected chi connectivity index (χ3v) is 4.99. The number of benzene rings is 3. The van der Waals surface area contributed by atoms with Crippen LogP contribution in [0.4, 0.5) is 0 Å². The summed E-state index contributed by atoms with van der Waals surface area (Å²) in [5, 5.41) is 1.02. The van der Waals surface area contributed by atoms with Crippen molar-refractivity contribution in [2.45, 2.75) is 0 Å². The van der Waals surface area contributed by atoms with Gasteiger partial charge in [-0.15, -0.1) is 0 Å². The first kappa shape index (κ1) is 15.6. The molecule has 0 amide bonds. The van der Waals surface area contributed by atoms with Crippen molar-refractivity contribution in [1.82, 2.24) is 14.5 Å². The highest BCUT2D eigenvalue weighted by atomic mass is 16.1. The molecule has 1 N–H and O–H groups in total. The number of rotatable bonds is 2. The van der Waals surface area contributed by atoms with Crippen LogP contribution < -0.4 is 5.56 Å². The van der Waals surface area contributed by atoms with E-state index in [0.717, 1.165) is 38.8 Å². The molecule has 0 bridgehead atoms. The largest absolute Gasteiger partial charge is 0.343 e. The van der Waals surface area contributed by atoms with E-state index < -0.39 is 0 Å². The summed E-state index contributed by atoms with van der Waals surface area (Å²) in [6.07, 6.45) is 0. The van der Waals surface area contributed by atoms with E-state index in [-0.39, 0.29) is 5.56 Å². The molecule has 130 valence electrons. The molecule has 0 aliphatic heterocycles. The fraction of sp³-hybridized carbons (Fsp3) is 0.0435. The molecule has 0 saturated carbocycles. The second-order valence-corrected chi connectivity index (χ2v) is 6.60. The lowest BCUT2D eigenvalue weighted by Crippen LogP contribution is -2.12. The van der Waals surface area contributed by atoms with Crippen LogP contribution in [0.5, 0.6) is 0 Å². The number of fused-ring (bicyclic) bond motifs is 2. The van der Waals surface area contributed by atoms with Gasteiger partial charge in [-0.1, -0.05) is 60.7 Å². The Morgan fingerprint density at radius 3 is 2.41 bits per heavy atom. The third-order valence-electron chi connectivity index (χ3n) is 4.99. The first-order valence-electron chi connectivity index (χ1n) is 8.86. The van der Waals surface area contributed by atoms with Crippen molar-refractivity contribution in [3.63, 3.8) is 0 Å². The fourth-order valence-corrected chi connectivity index (χ4v) is 3.77. The average molecular weight is 351 g/mol. The summed E-state index contributed by atoms with van der Waals surface area (Å²) in [5.41, 5.74) is 5.77. The summed E-state index contributed by atoms with van der Waals surface area (Å²) in [6, 6.07) is 25.9. The van der Waals surface area contributed by atoms with Crippen LogP contribution in [0.1, 0.15) is 0 Å². The standard InChI is InChI=1S/C23H17N3O/c1-26-19-14-8-5-11-16(19)20(22(26)15-9-3-2-4-10-15)21-23(27)25-18-13-7-6-12-17(18)24-21/h2-14H,1H3,(H,25,27). The monoisotopic (exact) mass is 351 g/mol. The van der Waals surface area contributed by atoms with Crippen molar-refractivity contribution < 1.29 is 0 Å². The molecule has 0 atom stereocenters. The lowest BCUT2D eigenvalue weighted by Gasteiger charge is -2.08. The van der Waals surface area contributed by atoms with Gasteiger partial charge in [0, 0.05) is 23.5 Å². The first-order chi connectivity index (χ1) is 13.2. The second-order valence-electron chi connectivity index (χ2n) is 6.60. The van der Waals surface area contributed by atoms with Gasteiger partial charge in [0.25, 0.3) is 5.56 Å². The maximum absolute atomic E-state index is 12.9. The van der Waals surface area contributed by atoms with Crippen LogP contribution in [-0.2, 0) is 7.05 Å². The number of hydrogen-bond acceptors (Lipinski definition) is 2. The summed E-state index contributed by atoms with van der Waals surface area (Å²) in [5.74, 6) is 0. The van der Waals surface area contributed by atoms with Crippen LogP contribution in [0.15, 0.2) is 83.7 Å².